The molecule has 1 saturated heterocycles. The zero-order valence-corrected chi connectivity index (χ0v) is 18.5. The molecule has 1 aromatic heterocycles. The van der Waals surface area contributed by atoms with Crippen LogP contribution in [0.3, 0.4) is 0 Å². The van der Waals surface area contributed by atoms with Gasteiger partial charge >= 0.3 is 0 Å². The predicted molar refractivity (Wildman–Crippen MR) is 124 cm³/mol. The molecule has 3 N–H and O–H groups in total. The lowest BCUT2D eigenvalue weighted by Gasteiger charge is -2.37. The van der Waals surface area contributed by atoms with Gasteiger partial charge in [0.25, 0.3) is 0 Å². The highest BCUT2D eigenvalue weighted by Gasteiger charge is 2.47. The maximum absolute atomic E-state index is 13.4. The normalized spacial score (nSPS) is 18.8. The van der Waals surface area contributed by atoms with Crippen molar-refractivity contribution in [3.63, 3.8) is 0 Å². The van der Waals surface area contributed by atoms with E-state index in [0.29, 0.717) is 17.1 Å². The van der Waals surface area contributed by atoms with E-state index in [2.05, 4.69) is 5.32 Å². The van der Waals surface area contributed by atoms with Gasteiger partial charge in [0.2, 0.25) is 17.7 Å². The van der Waals surface area contributed by atoms with Crippen molar-refractivity contribution in [1.82, 2.24) is 10.3 Å². The van der Waals surface area contributed by atoms with Gasteiger partial charge in [-0.15, -0.1) is 0 Å². The molecule has 0 saturated carbocycles. The number of benzene rings is 2. The van der Waals surface area contributed by atoms with Crippen LogP contribution in [0.4, 0.5) is 0 Å². The summed E-state index contributed by atoms with van der Waals surface area (Å²) in [7, 11) is 0. The van der Waals surface area contributed by atoms with Crippen molar-refractivity contribution in [2.75, 3.05) is 0 Å². The number of hydrogen-bond donors (Lipinski definition) is 2. The Labute approximate surface area is 190 Å². The molecule has 2 heterocycles. The van der Waals surface area contributed by atoms with Gasteiger partial charge in [-0.1, -0.05) is 35.9 Å². The number of pyridine rings is 1. The molecule has 3 aromatic rings. The fraction of sp³-hybridized carbons (Fsp3) is 0.200. The van der Waals surface area contributed by atoms with Crippen molar-refractivity contribution in [2.24, 2.45) is 5.73 Å². The third-order valence-corrected chi connectivity index (χ3v) is 6.37. The fourth-order valence-corrected chi connectivity index (χ4v) is 4.43. The van der Waals surface area contributed by atoms with E-state index < -0.39 is 11.3 Å². The largest absolute Gasteiger partial charge is 0.366 e. The number of nitrogens with zero attached hydrogens (tertiary/aromatic N) is 1. The van der Waals surface area contributed by atoms with Crippen molar-refractivity contribution >= 4 is 46.3 Å². The summed E-state index contributed by atoms with van der Waals surface area (Å²) in [5, 5.41) is 3.91. The highest BCUT2D eigenvalue weighted by molar-refractivity contribution is 6.31. The molecule has 162 valence electrons. The summed E-state index contributed by atoms with van der Waals surface area (Å²) in [6.45, 7) is 3.75. The van der Waals surface area contributed by atoms with Gasteiger partial charge in [-0.3, -0.25) is 24.7 Å². The first-order valence-corrected chi connectivity index (χ1v) is 10.6. The molecular formula is C25H22ClN3O3. The van der Waals surface area contributed by atoms with Crippen LogP contribution in [0.2, 0.25) is 5.02 Å². The molecule has 32 heavy (non-hydrogen) atoms. The van der Waals surface area contributed by atoms with Crippen molar-refractivity contribution in [3.05, 3.63) is 81.5 Å². The molecule has 6 nitrogen and oxygen atoms in total. The summed E-state index contributed by atoms with van der Waals surface area (Å²) in [6, 6.07) is 13.1. The number of fused-ring (bicyclic) bond motifs is 1. The number of imide groups is 1. The van der Waals surface area contributed by atoms with Gasteiger partial charge in [0, 0.05) is 28.6 Å². The summed E-state index contributed by atoms with van der Waals surface area (Å²) in [6.07, 6.45) is 3.46. The smallest absolute Gasteiger partial charge is 0.241 e. The number of hydrogen-bond acceptors (Lipinski definition) is 4. The predicted octanol–water partition coefficient (Wildman–Crippen LogP) is 3.73. The fourth-order valence-electron chi connectivity index (χ4n) is 4.25. The number of aromatic nitrogens is 1. The maximum Gasteiger partial charge on any atom is 0.241 e. The Bertz CT molecular complexity index is 1320. The number of aryl methyl sites for hydroxylation is 2. The molecule has 0 bridgehead atoms. The first kappa shape index (κ1) is 21.7. The van der Waals surface area contributed by atoms with Crippen molar-refractivity contribution in [1.29, 1.82) is 0 Å². The standard InChI is InChI=1S/C25H22ClN3O3/c1-14-3-7-18(13-20(14)26)25(10-9-23(31)29-24(25)32)19-12-17-6-4-16(5-8-22(27)30)11-21(17)28-15(19)2/h3-8,11-13H,9-10H2,1-2H3,(H2,27,30)(H,29,31,32). The van der Waals surface area contributed by atoms with Crippen LogP contribution < -0.4 is 11.1 Å². The van der Waals surface area contributed by atoms with Crippen LogP contribution in [-0.4, -0.2) is 22.7 Å². The lowest BCUT2D eigenvalue weighted by atomic mass is 9.68. The number of carbonyl (C=O) groups excluding carboxylic acids is 3. The SMILES string of the molecule is Cc1ccc(C2(c3cc4ccc(C=CC(N)=O)cc4nc3C)CCC(=O)NC2=O)cc1Cl. The minimum Gasteiger partial charge on any atom is -0.366 e. The molecule has 7 heteroatoms. The van der Waals surface area contributed by atoms with Crippen LogP contribution in [0.25, 0.3) is 17.0 Å². The minimum atomic E-state index is -1.08. The summed E-state index contributed by atoms with van der Waals surface area (Å²) in [5.74, 6) is -1.19. The molecule has 0 spiro atoms. The monoisotopic (exact) mass is 447 g/mol. The summed E-state index contributed by atoms with van der Waals surface area (Å²) in [4.78, 5) is 41.1. The number of piperidine rings is 1. The Hall–Kier alpha value is -3.51. The first-order valence-electron chi connectivity index (χ1n) is 10.2. The lowest BCUT2D eigenvalue weighted by molar-refractivity contribution is -0.136. The zero-order valence-electron chi connectivity index (χ0n) is 17.7. The van der Waals surface area contributed by atoms with E-state index >= 15 is 0 Å². The summed E-state index contributed by atoms with van der Waals surface area (Å²) in [5.41, 5.74) is 8.65. The van der Waals surface area contributed by atoms with E-state index in [-0.39, 0.29) is 18.2 Å². The molecular weight excluding hydrogens is 426 g/mol. The van der Waals surface area contributed by atoms with Gasteiger partial charge in [-0.25, -0.2) is 0 Å². The Morgan fingerprint density at radius 1 is 1.16 bits per heavy atom. The lowest BCUT2D eigenvalue weighted by Crippen LogP contribution is -2.52. The van der Waals surface area contributed by atoms with Crippen molar-refractivity contribution in [2.45, 2.75) is 32.1 Å². The highest BCUT2D eigenvalue weighted by atomic mass is 35.5. The molecule has 1 atom stereocenters. The van der Waals surface area contributed by atoms with E-state index in [0.717, 1.165) is 33.2 Å². The number of amides is 3. The molecule has 3 amide bonds. The second kappa shape index (κ2) is 8.20. The number of rotatable bonds is 4. The van der Waals surface area contributed by atoms with Crippen LogP contribution in [0, 0.1) is 13.8 Å². The molecule has 0 aliphatic carbocycles. The maximum atomic E-state index is 13.4. The third-order valence-electron chi connectivity index (χ3n) is 5.96. The van der Waals surface area contributed by atoms with Gasteiger partial charge in [0.1, 0.15) is 5.41 Å². The summed E-state index contributed by atoms with van der Waals surface area (Å²) >= 11 is 6.41. The van der Waals surface area contributed by atoms with E-state index in [4.69, 9.17) is 22.3 Å². The molecule has 1 aliphatic rings. The molecule has 1 fully saturated rings. The Balaban J connectivity index is 1.92. The van der Waals surface area contributed by atoms with Crippen LogP contribution in [0.5, 0.6) is 0 Å². The summed E-state index contributed by atoms with van der Waals surface area (Å²) < 4.78 is 0. The van der Waals surface area contributed by atoms with Gasteiger partial charge in [-0.05, 0) is 66.8 Å². The van der Waals surface area contributed by atoms with E-state index in [1.807, 2.05) is 50.2 Å². The molecule has 4 rings (SSSR count). The topological polar surface area (TPSA) is 102 Å². The third kappa shape index (κ3) is 3.78. The van der Waals surface area contributed by atoms with Crippen LogP contribution >= 0.6 is 11.6 Å². The molecule has 1 aliphatic heterocycles. The molecule has 1 unspecified atom stereocenters. The van der Waals surface area contributed by atoms with E-state index in [1.54, 1.807) is 12.1 Å². The number of primary amides is 1. The van der Waals surface area contributed by atoms with E-state index in [1.165, 1.54) is 6.08 Å². The Kier molecular flexibility index (Phi) is 5.57. The van der Waals surface area contributed by atoms with Gasteiger partial charge in [0.05, 0.1) is 5.52 Å². The van der Waals surface area contributed by atoms with Crippen LogP contribution in [0.1, 0.15) is 40.8 Å². The van der Waals surface area contributed by atoms with E-state index in [9.17, 15) is 14.4 Å². The average Bonchev–Trinajstić information content (AvgIpc) is 2.74. The van der Waals surface area contributed by atoms with Gasteiger partial charge < -0.3 is 5.73 Å². The van der Waals surface area contributed by atoms with Crippen molar-refractivity contribution in [3.8, 4) is 0 Å². The molecule has 2 aromatic carbocycles. The van der Waals surface area contributed by atoms with Crippen LogP contribution in [-0.2, 0) is 19.8 Å². The van der Waals surface area contributed by atoms with Crippen molar-refractivity contribution < 1.29 is 14.4 Å². The zero-order chi connectivity index (χ0) is 23.0. The Morgan fingerprint density at radius 2 is 1.94 bits per heavy atom. The van der Waals surface area contributed by atoms with Gasteiger partial charge in [-0.2, -0.15) is 0 Å². The number of carbonyl (C=O) groups is 3. The second-order valence-corrected chi connectivity index (χ2v) is 8.46. The van der Waals surface area contributed by atoms with Crippen LogP contribution in [0.15, 0.2) is 48.5 Å². The second-order valence-electron chi connectivity index (χ2n) is 8.06. The minimum absolute atomic E-state index is 0.214. The number of nitrogens with two attached hydrogens (primary N) is 1. The number of halogens is 1. The quantitative estimate of drug-likeness (QED) is 0.470. The number of nitrogens with one attached hydrogen (secondary N) is 1. The first-order chi connectivity index (χ1) is 15.2. The molecule has 0 radical (unpaired) electrons. The average molecular weight is 448 g/mol. The van der Waals surface area contributed by atoms with Gasteiger partial charge in [0.15, 0.2) is 0 Å². The Morgan fingerprint density at radius 3 is 2.62 bits per heavy atom. The highest BCUT2D eigenvalue weighted by Crippen LogP contribution is 2.42.